The average molecular weight is 394 g/mol. The van der Waals surface area contributed by atoms with Crippen LogP contribution in [0.25, 0.3) is 11.4 Å². The van der Waals surface area contributed by atoms with Crippen LogP contribution in [0.1, 0.15) is 10.4 Å². The Morgan fingerprint density at radius 1 is 1.22 bits per heavy atom. The number of hydrogen-bond donors (Lipinski definition) is 2. The number of hydrogen-bond acceptors (Lipinski definition) is 5. The molecule has 8 nitrogen and oxygen atoms in total. The van der Waals surface area contributed by atoms with Crippen molar-refractivity contribution in [2.75, 3.05) is 4.72 Å². The average Bonchev–Trinajstić information content (AvgIpc) is 3.02. The van der Waals surface area contributed by atoms with E-state index in [4.69, 9.17) is 5.11 Å². The van der Waals surface area contributed by atoms with Crippen molar-refractivity contribution in [3.63, 3.8) is 0 Å². The van der Waals surface area contributed by atoms with E-state index in [2.05, 4.69) is 14.9 Å². The lowest BCUT2D eigenvalue weighted by Crippen LogP contribution is -2.15. The highest BCUT2D eigenvalue weighted by atomic mass is 32.2. The maximum Gasteiger partial charge on any atom is 0.338 e. The zero-order chi connectivity index (χ0) is 19.8. The first-order valence-corrected chi connectivity index (χ1v) is 8.87. The second-order valence-corrected chi connectivity index (χ2v) is 7.21. The van der Waals surface area contributed by atoms with Crippen LogP contribution in [0.2, 0.25) is 0 Å². The molecule has 2 N–H and O–H groups in total. The first-order chi connectivity index (χ1) is 12.7. The van der Waals surface area contributed by atoms with Crippen LogP contribution in [0, 0.1) is 11.6 Å². The molecule has 27 heavy (non-hydrogen) atoms. The number of aromatic nitrogens is 3. The van der Waals surface area contributed by atoms with Gasteiger partial charge in [0.1, 0.15) is 6.33 Å². The summed E-state index contributed by atoms with van der Waals surface area (Å²) in [5, 5.41) is 16.5. The number of anilines is 1. The lowest BCUT2D eigenvalue weighted by Gasteiger charge is -2.11. The standard InChI is InChI=1S/C16H12F2N4O4S/c1-22-8-19-20-15(22)9-3-2-4-10(5-9)21-27(25,26)11-6-12(16(23)24)14(18)13(17)7-11/h2-8,21H,1H3,(H,23,24). The van der Waals surface area contributed by atoms with E-state index in [1.165, 1.54) is 18.5 Å². The van der Waals surface area contributed by atoms with Gasteiger partial charge in [0.15, 0.2) is 17.5 Å². The summed E-state index contributed by atoms with van der Waals surface area (Å²) in [4.78, 5) is 10.3. The predicted molar refractivity (Wildman–Crippen MR) is 90.6 cm³/mol. The lowest BCUT2D eigenvalue weighted by atomic mass is 10.2. The Kier molecular flexibility index (Phi) is 4.62. The number of benzene rings is 2. The highest BCUT2D eigenvalue weighted by molar-refractivity contribution is 7.92. The van der Waals surface area contributed by atoms with Gasteiger partial charge in [-0.25, -0.2) is 22.0 Å². The Morgan fingerprint density at radius 2 is 1.96 bits per heavy atom. The molecule has 2 aromatic carbocycles. The molecule has 0 fully saturated rings. The summed E-state index contributed by atoms with van der Waals surface area (Å²) < 4.78 is 55.9. The fourth-order valence-electron chi connectivity index (χ4n) is 2.36. The number of sulfonamides is 1. The van der Waals surface area contributed by atoms with E-state index < -0.39 is 38.1 Å². The lowest BCUT2D eigenvalue weighted by molar-refractivity contribution is 0.0690. The third-order valence-corrected chi connectivity index (χ3v) is 4.99. The summed E-state index contributed by atoms with van der Waals surface area (Å²) in [6.45, 7) is 0. The van der Waals surface area contributed by atoms with Crippen molar-refractivity contribution < 1.29 is 27.1 Å². The molecule has 140 valence electrons. The number of aromatic carboxylic acids is 1. The fraction of sp³-hybridized carbons (Fsp3) is 0.0625. The first-order valence-electron chi connectivity index (χ1n) is 7.38. The van der Waals surface area contributed by atoms with E-state index in [0.717, 1.165) is 0 Å². The minimum absolute atomic E-state index is 0.122. The zero-order valence-corrected chi connectivity index (χ0v) is 14.5. The van der Waals surface area contributed by atoms with Gasteiger partial charge in [0.25, 0.3) is 10.0 Å². The van der Waals surface area contributed by atoms with Gasteiger partial charge in [-0.05, 0) is 24.3 Å². The van der Waals surface area contributed by atoms with Gasteiger partial charge >= 0.3 is 5.97 Å². The Morgan fingerprint density at radius 3 is 2.59 bits per heavy atom. The number of nitrogens with zero attached hydrogens (tertiary/aromatic N) is 3. The van der Waals surface area contributed by atoms with E-state index >= 15 is 0 Å². The minimum atomic E-state index is -4.37. The summed E-state index contributed by atoms with van der Waals surface area (Å²) in [5.74, 6) is -4.52. The van der Waals surface area contributed by atoms with Gasteiger partial charge < -0.3 is 9.67 Å². The van der Waals surface area contributed by atoms with Crippen molar-refractivity contribution in [1.29, 1.82) is 0 Å². The van der Waals surface area contributed by atoms with Crippen LogP contribution in [0.3, 0.4) is 0 Å². The maximum absolute atomic E-state index is 13.6. The van der Waals surface area contributed by atoms with Crippen LogP contribution >= 0.6 is 0 Å². The normalized spacial score (nSPS) is 11.4. The largest absolute Gasteiger partial charge is 0.478 e. The van der Waals surface area contributed by atoms with Crippen LogP contribution in [0.4, 0.5) is 14.5 Å². The molecule has 0 aliphatic carbocycles. The van der Waals surface area contributed by atoms with Gasteiger partial charge in [0, 0.05) is 18.3 Å². The first kappa shape index (κ1) is 18.5. The molecule has 0 aliphatic heterocycles. The molecule has 3 rings (SSSR count). The number of carboxylic acid groups (broad SMARTS) is 1. The highest BCUT2D eigenvalue weighted by Gasteiger charge is 2.23. The van der Waals surface area contributed by atoms with E-state index in [0.29, 0.717) is 23.5 Å². The topological polar surface area (TPSA) is 114 Å². The number of rotatable bonds is 5. The van der Waals surface area contributed by atoms with Gasteiger partial charge in [0.2, 0.25) is 0 Å². The molecular formula is C16H12F2N4O4S. The van der Waals surface area contributed by atoms with Crippen LogP contribution in [0.15, 0.2) is 47.6 Å². The van der Waals surface area contributed by atoms with Crippen molar-refractivity contribution >= 4 is 21.7 Å². The number of aryl methyl sites for hydroxylation is 1. The Bertz CT molecular complexity index is 1150. The summed E-state index contributed by atoms with van der Waals surface area (Å²) in [6, 6.07) is 7.12. The third-order valence-electron chi connectivity index (χ3n) is 3.63. The van der Waals surface area contributed by atoms with E-state index in [1.54, 1.807) is 23.7 Å². The van der Waals surface area contributed by atoms with E-state index in [-0.39, 0.29) is 5.69 Å². The maximum atomic E-state index is 13.6. The molecule has 11 heteroatoms. The molecule has 0 saturated carbocycles. The van der Waals surface area contributed by atoms with Crippen LogP contribution in [-0.4, -0.2) is 34.3 Å². The number of halogens is 2. The highest BCUT2D eigenvalue weighted by Crippen LogP contribution is 2.24. The molecule has 0 unspecified atom stereocenters. The van der Waals surface area contributed by atoms with Crippen molar-refractivity contribution in [2.45, 2.75) is 4.90 Å². The molecule has 1 aromatic heterocycles. The molecule has 3 aromatic rings. The predicted octanol–water partition coefficient (Wildman–Crippen LogP) is 2.26. The van der Waals surface area contributed by atoms with Crippen molar-refractivity contribution in [3.8, 4) is 11.4 Å². The van der Waals surface area contributed by atoms with Crippen LogP contribution < -0.4 is 4.72 Å². The number of carbonyl (C=O) groups is 1. The summed E-state index contributed by atoms with van der Waals surface area (Å²) >= 11 is 0. The van der Waals surface area contributed by atoms with Crippen LogP contribution in [0.5, 0.6) is 0 Å². The Hall–Kier alpha value is -3.34. The molecule has 0 saturated heterocycles. The Labute approximate surface area is 152 Å². The van der Waals surface area contributed by atoms with Crippen molar-refractivity contribution in [3.05, 3.63) is 59.9 Å². The monoisotopic (exact) mass is 394 g/mol. The molecule has 0 amide bonds. The molecule has 0 bridgehead atoms. The smallest absolute Gasteiger partial charge is 0.338 e. The minimum Gasteiger partial charge on any atom is -0.478 e. The molecule has 0 radical (unpaired) electrons. The summed E-state index contributed by atoms with van der Waals surface area (Å²) in [5.41, 5.74) is -0.396. The van der Waals surface area contributed by atoms with E-state index in [1.807, 2.05) is 0 Å². The number of carboxylic acids is 1. The van der Waals surface area contributed by atoms with Crippen molar-refractivity contribution in [1.82, 2.24) is 14.8 Å². The van der Waals surface area contributed by atoms with E-state index in [9.17, 15) is 22.0 Å². The zero-order valence-electron chi connectivity index (χ0n) is 13.7. The molecule has 1 heterocycles. The van der Waals surface area contributed by atoms with Gasteiger partial charge in [-0.2, -0.15) is 0 Å². The van der Waals surface area contributed by atoms with Gasteiger partial charge in [-0.1, -0.05) is 12.1 Å². The number of nitrogens with one attached hydrogen (secondary N) is 1. The fourth-order valence-corrected chi connectivity index (χ4v) is 3.44. The third kappa shape index (κ3) is 3.62. The molecular weight excluding hydrogens is 382 g/mol. The quantitative estimate of drug-likeness (QED) is 0.686. The summed E-state index contributed by atoms with van der Waals surface area (Å²) in [7, 11) is -2.66. The van der Waals surface area contributed by atoms with Crippen molar-refractivity contribution in [2.24, 2.45) is 7.05 Å². The molecule has 0 spiro atoms. The summed E-state index contributed by atoms with van der Waals surface area (Å²) in [6.07, 6.45) is 1.47. The second kappa shape index (κ2) is 6.76. The van der Waals surface area contributed by atoms with Gasteiger partial charge in [-0.15, -0.1) is 10.2 Å². The SMILES string of the molecule is Cn1cnnc1-c1cccc(NS(=O)(=O)c2cc(F)c(F)c(C(=O)O)c2)c1. The Balaban J connectivity index is 1.99. The second-order valence-electron chi connectivity index (χ2n) is 5.52. The van der Waals surface area contributed by atoms with Gasteiger partial charge in [-0.3, -0.25) is 4.72 Å². The van der Waals surface area contributed by atoms with Crippen LogP contribution in [-0.2, 0) is 17.1 Å². The molecule has 0 aliphatic rings. The van der Waals surface area contributed by atoms with Gasteiger partial charge in [0.05, 0.1) is 10.5 Å². The molecule has 0 atom stereocenters.